The van der Waals surface area contributed by atoms with E-state index in [2.05, 4.69) is 22.9 Å². The van der Waals surface area contributed by atoms with Gasteiger partial charge in [0.15, 0.2) is 5.11 Å². The van der Waals surface area contributed by atoms with Crippen molar-refractivity contribution in [2.24, 2.45) is 5.92 Å². The molecule has 2 amide bonds. The minimum absolute atomic E-state index is 0.0630. The first-order valence-electron chi connectivity index (χ1n) is 13.9. The molecule has 0 radical (unpaired) electrons. The third kappa shape index (κ3) is 6.07. The molecule has 0 N–H and O–H groups in total. The quantitative estimate of drug-likeness (QED) is 0.188. The maximum Gasteiger partial charge on any atom is 0.325 e. The SMILES string of the molecule is CCOc1ccc(N2C(=O)/C(=C/c3cn(CC(=O)N4CCC(C)CC4)c4ccc(Br)cc34)N(CC(=O)OC)C2=S)cc1. The fraction of sp³-hybridized carbons (Fsp3) is 0.355. The lowest BCUT2D eigenvalue weighted by molar-refractivity contribution is -0.140. The van der Waals surface area contributed by atoms with Crippen molar-refractivity contribution in [1.82, 2.24) is 14.4 Å². The number of anilines is 1. The fourth-order valence-corrected chi connectivity index (χ4v) is 6.02. The summed E-state index contributed by atoms with van der Waals surface area (Å²) in [5.41, 5.74) is 2.37. The Balaban J connectivity index is 1.53. The van der Waals surface area contributed by atoms with Gasteiger partial charge in [-0.1, -0.05) is 22.9 Å². The Bertz CT molecular complexity index is 1560. The molecule has 0 unspecified atom stereocenters. The van der Waals surface area contributed by atoms with E-state index in [-0.39, 0.29) is 35.7 Å². The summed E-state index contributed by atoms with van der Waals surface area (Å²) in [5, 5.41) is 1.02. The number of hydrogen-bond acceptors (Lipinski definition) is 6. The van der Waals surface area contributed by atoms with Crippen LogP contribution in [0.15, 0.2) is 58.8 Å². The Morgan fingerprint density at radius 2 is 1.81 bits per heavy atom. The highest BCUT2D eigenvalue weighted by molar-refractivity contribution is 9.10. The monoisotopic (exact) mass is 652 g/mol. The molecule has 9 nitrogen and oxygen atoms in total. The van der Waals surface area contributed by atoms with Crippen LogP contribution in [0.3, 0.4) is 0 Å². The van der Waals surface area contributed by atoms with Crippen molar-refractivity contribution in [3.05, 3.63) is 64.4 Å². The summed E-state index contributed by atoms with van der Waals surface area (Å²) >= 11 is 9.27. The van der Waals surface area contributed by atoms with Gasteiger partial charge in [0, 0.05) is 40.2 Å². The van der Waals surface area contributed by atoms with Crippen LogP contribution in [0, 0.1) is 5.92 Å². The second-order valence-electron chi connectivity index (χ2n) is 10.5. The summed E-state index contributed by atoms with van der Waals surface area (Å²) in [7, 11) is 1.29. The molecule has 2 aliphatic heterocycles. The van der Waals surface area contributed by atoms with Crippen LogP contribution in [0.1, 0.15) is 32.3 Å². The summed E-state index contributed by atoms with van der Waals surface area (Å²) in [5.74, 6) is 0.460. The Morgan fingerprint density at radius 3 is 2.48 bits per heavy atom. The summed E-state index contributed by atoms with van der Waals surface area (Å²) in [6.07, 6.45) is 5.61. The van der Waals surface area contributed by atoms with Gasteiger partial charge in [0.25, 0.3) is 5.91 Å². The van der Waals surface area contributed by atoms with Gasteiger partial charge >= 0.3 is 5.97 Å². The number of thiocarbonyl (C=S) groups is 1. The Labute approximate surface area is 258 Å². The minimum atomic E-state index is -0.531. The van der Waals surface area contributed by atoms with E-state index < -0.39 is 5.97 Å². The summed E-state index contributed by atoms with van der Waals surface area (Å²) in [6, 6.07) is 12.9. The van der Waals surface area contributed by atoms with Crippen LogP contribution in [0.5, 0.6) is 5.75 Å². The second-order valence-corrected chi connectivity index (χ2v) is 11.8. The third-order valence-corrected chi connectivity index (χ3v) is 8.56. The van der Waals surface area contributed by atoms with E-state index in [0.29, 0.717) is 24.0 Å². The van der Waals surface area contributed by atoms with Crippen LogP contribution in [0.2, 0.25) is 0 Å². The molecule has 3 heterocycles. The van der Waals surface area contributed by atoms with Gasteiger partial charge < -0.3 is 23.8 Å². The number of hydrogen-bond donors (Lipinski definition) is 0. The second kappa shape index (κ2) is 12.7. The largest absolute Gasteiger partial charge is 0.494 e. The van der Waals surface area contributed by atoms with E-state index in [4.69, 9.17) is 21.7 Å². The number of piperidine rings is 1. The molecule has 220 valence electrons. The van der Waals surface area contributed by atoms with Crippen molar-refractivity contribution in [3.8, 4) is 5.75 Å². The summed E-state index contributed by atoms with van der Waals surface area (Å²) in [6.45, 7) is 6.12. The van der Waals surface area contributed by atoms with E-state index in [1.54, 1.807) is 30.3 Å². The zero-order valence-electron chi connectivity index (χ0n) is 23.8. The first-order valence-corrected chi connectivity index (χ1v) is 15.1. The van der Waals surface area contributed by atoms with E-state index in [1.165, 1.54) is 16.9 Å². The van der Waals surface area contributed by atoms with Gasteiger partial charge in [0.1, 0.15) is 24.5 Å². The topological polar surface area (TPSA) is 84.3 Å². The van der Waals surface area contributed by atoms with Crippen molar-refractivity contribution >= 4 is 73.7 Å². The predicted molar refractivity (Wildman–Crippen MR) is 169 cm³/mol. The van der Waals surface area contributed by atoms with Crippen LogP contribution in [-0.4, -0.2) is 70.6 Å². The van der Waals surface area contributed by atoms with Crippen molar-refractivity contribution in [3.63, 3.8) is 0 Å². The first-order chi connectivity index (χ1) is 20.2. The number of methoxy groups -OCH3 is 1. The molecule has 2 aliphatic rings. The van der Waals surface area contributed by atoms with Crippen LogP contribution in [0.25, 0.3) is 17.0 Å². The zero-order chi connectivity index (χ0) is 30.0. The number of aromatic nitrogens is 1. The molecule has 0 bridgehead atoms. The molecule has 2 aromatic carbocycles. The minimum Gasteiger partial charge on any atom is -0.494 e. The zero-order valence-corrected chi connectivity index (χ0v) is 26.2. The lowest BCUT2D eigenvalue weighted by atomic mass is 9.99. The number of halogens is 1. The van der Waals surface area contributed by atoms with E-state index in [1.807, 2.05) is 40.8 Å². The van der Waals surface area contributed by atoms with Gasteiger partial charge in [-0.15, -0.1) is 0 Å². The maximum absolute atomic E-state index is 13.9. The highest BCUT2D eigenvalue weighted by atomic mass is 79.9. The maximum atomic E-state index is 13.9. The Morgan fingerprint density at radius 1 is 1.10 bits per heavy atom. The number of carbonyl (C=O) groups is 3. The molecule has 0 atom stereocenters. The number of carbonyl (C=O) groups excluding carboxylic acids is 3. The van der Waals surface area contributed by atoms with Gasteiger partial charge in [0.2, 0.25) is 5.91 Å². The number of amides is 2. The van der Waals surface area contributed by atoms with Gasteiger partial charge in [-0.05, 0) is 86.4 Å². The highest BCUT2D eigenvalue weighted by Gasteiger charge is 2.40. The van der Waals surface area contributed by atoms with Crippen LogP contribution >= 0.6 is 28.1 Å². The van der Waals surface area contributed by atoms with E-state index in [9.17, 15) is 14.4 Å². The Hall–Kier alpha value is -3.70. The van der Waals surface area contributed by atoms with Crippen LogP contribution < -0.4 is 9.64 Å². The molecule has 3 aromatic rings. The van der Waals surface area contributed by atoms with E-state index in [0.717, 1.165) is 46.9 Å². The molecular weight excluding hydrogens is 620 g/mol. The first kappa shape index (κ1) is 29.8. The molecule has 11 heteroatoms. The number of esters is 1. The standard InChI is InChI=1S/C31H33BrN4O5S/c1-4-41-24-8-6-23(7-9-24)36-30(39)27(35(31(36)42)19-29(38)40-3)15-21-17-34(26-10-5-22(32)16-25(21)26)18-28(37)33-13-11-20(2)12-14-33/h5-10,15-17,20H,4,11-14,18-19H2,1-3H3/b27-15-. The number of likely N-dealkylation sites (tertiary alicyclic amines) is 1. The lowest BCUT2D eigenvalue weighted by Gasteiger charge is -2.30. The summed E-state index contributed by atoms with van der Waals surface area (Å²) in [4.78, 5) is 44.3. The molecule has 5 rings (SSSR count). The molecule has 1 aromatic heterocycles. The number of ether oxygens (including phenoxy) is 2. The number of rotatable bonds is 8. The fourth-order valence-electron chi connectivity index (χ4n) is 5.31. The number of fused-ring (bicyclic) bond motifs is 1. The molecule has 2 fully saturated rings. The average molecular weight is 654 g/mol. The molecular formula is C31H33BrN4O5S. The van der Waals surface area contributed by atoms with Crippen molar-refractivity contribution in [2.45, 2.75) is 33.2 Å². The van der Waals surface area contributed by atoms with Gasteiger partial charge in [-0.25, -0.2) is 0 Å². The summed E-state index contributed by atoms with van der Waals surface area (Å²) < 4.78 is 13.2. The Kier molecular flexibility index (Phi) is 8.98. The molecule has 42 heavy (non-hydrogen) atoms. The molecule has 2 saturated heterocycles. The molecule has 0 aliphatic carbocycles. The van der Waals surface area contributed by atoms with Gasteiger partial charge in [-0.3, -0.25) is 19.3 Å². The normalized spacial score (nSPS) is 17.0. The van der Waals surface area contributed by atoms with Gasteiger partial charge in [-0.2, -0.15) is 0 Å². The smallest absolute Gasteiger partial charge is 0.325 e. The molecule has 0 saturated carbocycles. The number of benzene rings is 2. The average Bonchev–Trinajstić information content (AvgIpc) is 3.42. The predicted octanol–water partition coefficient (Wildman–Crippen LogP) is 5.21. The van der Waals surface area contributed by atoms with Crippen LogP contribution in [0.4, 0.5) is 5.69 Å². The third-order valence-electron chi connectivity index (χ3n) is 7.66. The van der Waals surface area contributed by atoms with Crippen molar-refractivity contribution in [2.75, 3.05) is 38.3 Å². The highest BCUT2D eigenvalue weighted by Crippen LogP contribution is 2.33. The van der Waals surface area contributed by atoms with Crippen LogP contribution in [-0.2, 0) is 25.7 Å². The molecule has 0 spiro atoms. The van der Waals surface area contributed by atoms with Gasteiger partial charge in [0.05, 0.1) is 19.4 Å². The number of nitrogens with zero attached hydrogens (tertiary/aromatic N) is 4. The van der Waals surface area contributed by atoms with E-state index >= 15 is 0 Å². The van der Waals surface area contributed by atoms with Crippen molar-refractivity contribution < 1.29 is 23.9 Å². The lowest BCUT2D eigenvalue weighted by Crippen LogP contribution is -2.39. The van der Waals surface area contributed by atoms with Crippen molar-refractivity contribution in [1.29, 1.82) is 0 Å².